The minimum Gasteiger partial charge on any atom is -0.490 e. The first-order valence-corrected chi connectivity index (χ1v) is 8.48. The molecule has 0 aliphatic rings. The van der Waals surface area contributed by atoms with Gasteiger partial charge in [0.2, 0.25) is 0 Å². The maximum absolute atomic E-state index is 12.3. The predicted molar refractivity (Wildman–Crippen MR) is 89.4 cm³/mol. The molecule has 0 fully saturated rings. The van der Waals surface area contributed by atoms with Crippen molar-refractivity contribution in [2.45, 2.75) is 4.90 Å². The van der Waals surface area contributed by atoms with Crippen molar-refractivity contribution in [2.75, 3.05) is 11.3 Å². The Balaban J connectivity index is 2.21. The Morgan fingerprint density at radius 1 is 1.14 bits per heavy atom. The monoisotopic (exact) mass is 357 g/mol. The summed E-state index contributed by atoms with van der Waals surface area (Å²) >= 11 is 11.7. The lowest BCUT2D eigenvalue weighted by Gasteiger charge is -2.10. The lowest BCUT2D eigenvalue weighted by molar-refractivity contribution is 0.363. The van der Waals surface area contributed by atoms with Gasteiger partial charge in [0, 0.05) is 10.7 Å². The van der Waals surface area contributed by atoms with Crippen LogP contribution in [0.2, 0.25) is 10.0 Å². The maximum atomic E-state index is 12.3. The number of halogens is 2. The standard InChI is InChI=1S/C15H13Cl2NO3S/c1-2-9-21-13-6-4-12(5-7-13)18-22(19,20)15-10-11(16)3-8-14(15)17/h2-8,10,18H,1,9H2. The molecule has 0 bridgehead atoms. The molecular formula is C15H13Cl2NO3S. The summed E-state index contributed by atoms with van der Waals surface area (Å²) in [6, 6.07) is 10.7. The first-order valence-electron chi connectivity index (χ1n) is 6.24. The van der Waals surface area contributed by atoms with Crippen LogP contribution in [0.4, 0.5) is 5.69 Å². The van der Waals surface area contributed by atoms with Crippen LogP contribution in [0.25, 0.3) is 0 Å². The van der Waals surface area contributed by atoms with Crippen LogP contribution < -0.4 is 9.46 Å². The highest BCUT2D eigenvalue weighted by molar-refractivity contribution is 7.92. The molecular weight excluding hydrogens is 345 g/mol. The van der Waals surface area contributed by atoms with E-state index >= 15 is 0 Å². The summed E-state index contributed by atoms with van der Waals surface area (Å²) in [7, 11) is -3.82. The SMILES string of the molecule is C=CCOc1ccc(NS(=O)(=O)c2cc(Cl)ccc2Cl)cc1. The summed E-state index contributed by atoms with van der Waals surface area (Å²) in [6.07, 6.45) is 1.62. The molecule has 0 aromatic heterocycles. The van der Waals surface area contributed by atoms with Gasteiger partial charge in [0.15, 0.2) is 0 Å². The lowest BCUT2D eigenvalue weighted by atomic mass is 10.3. The van der Waals surface area contributed by atoms with Crippen molar-refractivity contribution in [3.05, 3.63) is 65.2 Å². The highest BCUT2D eigenvalue weighted by Crippen LogP contribution is 2.27. The molecule has 0 saturated heterocycles. The van der Waals surface area contributed by atoms with Crippen molar-refractivity contribution in [3.8, 4) is 5.75 Å². The van der Waals surface area contributed by atoms with Gasteiger partial charge in [-0.1, -0.05) is 35.9 Å². The van der Waals surface area contributed by atoms with E-state index in [1.54, 1.807) is 30.3 Å². The molecule has 0 atom stereocenters. The van der Waals surface area contributed by atoms with Gasteiger partial charge >= 0.3 is 0 Å². The molecule has 0 spiro atoms. The first kappa shape index (κ1) is 16.7. The fourth-order valence-corrected chi connectivity index (χ4v) is 3.49. The van der Waals surface area contributed by atoms with E-state index in [1.807, 2.05) is 0 Å². The van der Waals surface area contributed by atoms with Crippen molar-refractivity contribution in [2.24, 2.45) is 0 Å². The Hall–Kier alpha value is -1.69. The fourth-order valence-electron chi connectivity index (χ4n) is 1.67. The summed E-state index contributed by atoms with van der Waals surface area (Å²) in [5.74, 6) is 0.614. The molecule has 0 unspecified atom stereocenters. The van der Waals surface area contributed by atoms with E-state index in [1.165, 1.54) is 18.2 Å². The molecule has 0 aliphatic carbocycles. The van der Waals surface area contributed by atoms with Crippen LogP contribution in [0, 0.1) is 0 Å². The normalized spacial score (nSPS) is 11.0. The Morgan fingerprint density at radius 2 is 1.82 bits per heavy atom. The Kier molecular flexibility index (Phi) is 5.34. The highest BCUT2D eigenvalue weighted by atomic mass is 35.5. The third-order valence-corrected chi connectivity index (χ3v) is 4.76. The molecule has 1 N–H and O–H groups in total. The molecule has 116 valence electrons. The number of sulfonamides is 1. The number of ether oxygens (including phenoxy) is 1. The number of anilines is 1. The average Bonchev–Trinajstić information content (AvgIpc) is 2.48. The molecule has 22 heavy (non-hydrogen) atoms. The maximum Gasteiger partial charge on any atom is 0.263 e. The number of hydrogen-bond acceptors (Lipinski definition) is 3. The average molecular weight is 358 g/mol. The minimum absolute atomic E-state index is 0.0753. The van der Waals surface area contributed by atoms with Crippen LogP contribution in [-0.2, 0) is 10.0 Å². The second-order valence-electron chi connectivity index (χ2n) is 4.30. The van der Waals surface area contributed by atoms with Gasteiger partial charge in [-0.05, 0) is 42.5 Å². The van der Waals surface area contributed by atoms with Crippen LogP contribution in [0.1, 0.15) is 0 Å². The van der Waals surface area contributed by atoms with Crippen molar-refractivity contribution in [1.82, 2.24) is 0 Å². The van der Waals surface area contributed by atoms with Gasteiger partial charge in [0.05, 0.1) is 5.02 Å². The van der Waals surface area contributed by atoms with Crippen LogP contribution >= 0.6 is 23.2 Å². The number of hydrogen-bond donors (Lipinski definition) is 1. The lowest BCUT2D eigenvalue weighted by Crippen LogP contribution is -2.13. The molecule has 2 aromatic rings. The smallest absolute Gasteiger partial charge is 0.263 e. The summed E-state index contributed by atoms with van der Waals surface area (Å²) in [5.41, 5.74) is 0.391. The van der Waals surface area contributed by atoms with E-state index in [2.05, 4.69) is 11.3 Å². The van der Waals surface area contributed by atoms with Gasteiger partial charge in [0.25, 0.3) is 10.0 Å². The van der Waals surface area contributed by atoms with Crippen molar-refractivity contribution < 1.29 is 13.2 Å². The topological polar surface area (TPSA) is 55.4 Å². The second-order valence-corrected chi connectivity index (χ2v) is 6.80. The number of nitrogens with one attached hydrogen (secondary N) is 1. The zero-order valence-corrected chi connectivity index (χ0v) is 13.8. The summed E-state index contributed by atoms with van der Waals surface area (Å²) in [6.45, 7) is 3.93. The Morgan fingerprint density at radius 3 is 2.45 bits per heavy atom. The van der Waals surface area contributed by atoms with E-state index in [0.717, 1.165) is 0 Å². The number of rotatable bonds is 6. The van der Waals surface area contributed by atoms with Gasteiger partial charge in [-0.15, -0.1) is 0 Å². The third-order valence-electron chi connectivity index (χ3n) is 2.66. The minimum atomic E-state index is -3.82. The fraction of sp³-hybridized carbons (Fsp3) is 0.0667. The second kappa shape index (κ2) is 7.05. The molecule has 7 heteroatoms. The van der Waals surface area contributed by atoms with Crippen molar-refractivity contribution in [3.63, 3.8) is 0 Å². The Bertz CT molecular complexity index is 774. The predicted octanol–water partition coefficient (Wildman–Crippen LogP) is 4.36. The summed E-state index contributed by atoms with van der Waals surface area (Å²) < 4.78 is 32.4. The van der Waals surface area contributed by atoms with Gasteiger partial charge < -0.3 is 4.74 Å². The Labute approximate surface area is 139 Å². The zero-order valence-electron chi connectivity index (χ0n) is 11.4. The van der Waals surface area contributed by atoms with Crippen molar-refractivity contribution >= 4 is 38.9 Å². The first-order chi connectivity index (χ1) is 10.4. The molecule has 0 saturated carbocycles. The quantitative estimate of drug-likeness (QED) is 0.781. The molecule has 2 aromatic carbocycles. The number of benzene rings is 2. The molecule has 0 amide bonds. The molecule has 4 nitrogen and oxygen atoms in total. The van der Waals surface area contributed by atoms with Gasteiger partial charge in [-0.25, -0.2) is 8.42 Å². The van der Waals surface area contributed by atoms with Crippen LogP contribution in [-0.4, -0.2) is 15.0 Å². The largest absolute Gasteiger partial charge is 0.490 e. The van der Waals surface area contributed by atoms with Gasteiger partial charge in [-0.2, -0.15) is 0 Å². The van der Waals surface area contributed by atoms with E-state index in [0.29, 0.717) is 18.0 Å². The molecule has 0 radical (unpaired) electrons. The van der Waals surface area contributed by atoms with Gasteiger partial charge in [-0.3, -0.25) is 4.72 Å². The zero-order chi connectivity index (χ0) is 16.2. The van der Waals surface area contributed by atoms with E-state index < -0.39 is 10.0 Å². The van der Waals surface area contributed by atoms with Crippen LogP contribution in [0.15, 0.2) is 60.0 Å². The third kappa shape index (κ3) is 4.16. The van der Waals surface area contributed by atoms with E-state index in [-0.39, 0.29) is 14.9 Å². The van der Waals surface area contributed by atoms with Gasteiger partial charge in [0.1, 0.15) is 17.3 Å². The summed E-state index contributed by atoms with van der Waals surface area (Å²) in [5, 5.41) is 0.390. The van der Waals surface area contributed by atoms with E-state index in [4.69, 9.17) is 27.9 Å². The van der Waals surface area contributed by atoms with Crippen LogP contribution in [0.3, 0.4) is 0 Å². The van der Waals surface area contributed by atoms with E-state index in [9.17, 15) is 8.42 Å². The van der Waals surface area contributed by atoms with Crippen LogP contribution in [0.5, 0.6) is 5.75 Å². The molecule has 0 heterocycles. The highest BCUT2D eigenvalue weighted by Gasteiger charge is 2.18. The van der Waals surface area contributed by atoms with Crippen molar-refractivity contribution in [1.29, 1.82) is 0 Å². The summed E-state index contributed by atoms with van der Waals surface area (Å²) in [4.78, 5) is -0.0753. The molecule has 0 aliphatic heterocycles. The molecule has 2 rings (SSSR count).